The number of hydrogen-bond acceptors (Lipinski definition) is 2. The molecule has 0 saturated carbocycles. The second-order valence-corrected chi connectivity index (χ2v) is 5.50. The van der Waals surface area contributed by atoms with E-state index >= 15 is 0 Å². The third-order valence-electron chi connectivity index (χ3n) is 2.56. The van der Waals surface area contributed by atoms with Gasteiger partial charge in [-0.25, -0.2) is 0 Å². The molecule has 2 amide bonds. The molecule has 17 heavy (non-hydrogen) atoms. The molecule has 1 heterocycles. The van der Waals surface area contributed by atoms with Gasteiger partial charge in [-0.05, 0) is 44.0 Å². The first-order valence-electron chi connectivity index (χ1n) is 5.09. The largest absolute Gasteiger partial charge is 0.355 e. The van der Waals surface area contributed by atoms with Crippen LogP contribution < -0.4 is 10.6 Å². The molecule has 2 rings (SSSR count). The summed E-state index contributed by atoms with van der Waals surface area (Å²) in [5.41, 5.74) is 0.692. The first kappa shape index (κ1) is 12.6. The van der Waals surface area contributed by atoms with Gasteiger partial charge in [-0.3, -0.25) is 9.59 Å². The summed E-state index contributed by atoms with van der Waals surface area (Å²) < 4.78 is 1.61. The normalized spacial score (nSPS) is 18.9. The molecule has 0 bridgehead atoms. The first-order chi connectivity index (χ1) is 8.08. The predicted molar refractivity (Wildman–Crippen MR) is 71.6 cm³/mol. The first-order valence-corrected chi connectivity index (χ1v) is 6.68. The molecule has 4 nitrogen and oxygen atoms in total. The Labute approximate surface area is 115 Å². The minimum atomic E-state index is -0.290. The summed E-state index contributed by atoms with van der Waals surface area (Å²) in [5, 5.41) is 5.46. The van der Waals surface area contributed by atoms with Crippen molar-refractivity contribution in [2.75, 3.05) is 11.9 Å². The van der Waals surface area contributed by atoms with E-state index in [1.807, 2.05) is 18.2 Å². The number of amides is 2. The molecule has 1 atom stereocenters. The fourth-order valence-corrected chi connectivity index (χ4v) is 2.83. The van der Waals surface area contributed by atoms with Crippen molar-refractivity contribution in [3.05, 3.63) is 27.1 Å². The number of nitrogens with one attached hydrogen (secondary N) is 2. The molecule has 6 heteroatoms. The topological polar surface area (TPSA) is 58.2 Å². The average molecular weight is 362 g/mol. The molecule has 1 unspecified atom stereocenters. The van der Waals surface area contributed by atoms with Crippen LogP contribution >= 0.6 is 31.9 Å². The van der Waals surface area contributed by atoms with Crippen LogP contribution in [0.3, 0.4) is 0 Å². The lowest BCUT2D eigenvalue weighted by Crippen LogP contribution is -2.25. The van der Waals surface area contributed by atoms with E-state index in [4.69, 9.17) is 0 Å². The molecule has 0 aliphatic carbocycles. The highest BCUT2D eigenvalue weighted by Gasteiger charge is 2.28. The monoisotopic (exact) mass is 360 g/mol. The highest BCUT2D eigenvalue weighted by Crippen LogP contribution is 2.31. The molecule has 1 aliphatic rings. The zero-order chi connectivity index (χ0) is 12.4. The zero-order valence-corrected chi connectivity index (χ0v) is 12.0. The van der Waals surface area contributed by atoms with Crippen LogP contribution in [0.25, 0.3) is 0 Å². The van der Waals surface area contributed by atoms with Gasteiger partial charge >= 0.3 is 0 Å². The van der Waals surface area contributed by atoms with E-state index in [1.165, 1.54) is 0 Å². The van der Waals surface area contributed by atoms with Crippen LogP contribution in [0.2, 0.25) is 0 Å². The SMILES string of the molecule is O=C1CC(C(=O)Nc2c(Br)cccc2Br)CN1. The summed E-state index contributed by atoms with van der Waals surface area (Å²) in [6.07, 6.45) is 0.258. The fraction of sp³-hybridized carbons (Fsp3) is 0.273. The number of rotatable bonds is 2. The Morgan fingerprint density at radius 1 is 1.35 bits per heavy atom. The third-order valence-corrected chi connectivity index (χ3v) is 3.88. The van der Waals surface area contributed by atoms with E-state index in [0.29, 0.717) is 12.2 Å². The third kappa shape index (κ3) is 2.87. The van der Waals surface area contributed by atoms with Gasteiger partial charge < -0.3 is 10.6 Å². The Morgan fingerprint density at radius 3 is 2.53 bits per heavy atom. The molecule has 1 saturated heterocycles. The molecule has 0 aromatic heterocycles. The van der Waals surface area contributed by atoms with Gasteiger partial charge in [0.2, 0.25) is 11.8 Å². The highest BCUT2D eigenvalue weighted by atomic mass is 79.9. The summed E-state index contributed by atoms with van der Waals surface area (Å²) >= 11 is 6.74. The Hall–Kier alpha value is -0.880. The van der Waals surface area contributed by atoms with Crippen molar-refractivity contribution in [1.29, 1.82) is 0 Å². The number of anilines is 1. The van der Waals surface area contributed by atoms with Gasteiger partial charge in [-0.2, -0.15) is 0 Å². The maximum Gasteiger partial charge on any atom is 0.229 e. The second kappa shape index (κ2) is 5.18. The minimum absolute atomic E-state index is 0.0728. The van der Waals surface area contributed by atoms with E-state index in [-0.39, 0.29) is 24.2 Å². The Kier molecular flexibility index (Phi) is 3.83. The molecular weight excluding hydrogens is 352 g/mol. The molecule has 1 aliphatic heterocycles. The van der Waals surface area contributed by atoms with Crippen LogP contribution in [0.5, 0.6) is 0 Å². The Balaban J connectivity index is 2.11. The Morgan fingerprint density at radius 2 is 2.00 bits per heavy atom. The Bertz CT molecular complexity index is 456. The van der Waals surface area contributed by atoms with Crippen LogP contribution in [0.15, 0.2) is 27.1 Å². The molecule has 2 N–H and O–H groups in total. The van der Waals surface area contributed by atoms with E-state index < -0.39 is 0 Å². The van der Waals surface area contributed by atoms with Gasteiger partial charge in [-0.1, -0.05) is 6.07 Å². The van der Waals surface area contributed by atoms with E-state index in [9.17, 15) is 9.59 Å². The number of carbonyl (C=O) groups excluding carboxylic acids is 2. The second-order valence-electron chi connectivity index (χ2n) is 3.79. The van der Waals surface area contributed by atoms with Gasteiger partial charge in [0.25, 0.3) is 0 Å². The van der Waals surface area contributed by atoms with Crippen molar-refractivity contribution in [3.8, 4) is 0 Å². The van der Waals surface area contributed by atoms with Crippen molar-refractivity contribution in [3.63, 3.8) is 0 Å². The molecule has 1 aromatic rings. The number of para-hydroxylation sites is 1. The fourth-order valence-electron chi connectivity index (χ4n) is 1.63. The molecular formula is C11H10Br2N2O2. The van der Waals surface area contributed by atoms with Crippen molar-refractivity contribution >= 4 is 49.4 Å². The van der Waals surface area contributed by atoms with Crippen LogP contribution in [0, 0.1) is 5.92 Å². The van der Waals surface area contributed by atoms with Crippen LogP contribution in [0.1, 0.15) is 6.42 Å². The lowest BCUT2D eigenvalue weighted by atomic mass is 10.1. The van der Waals surface area contributed by atoms with Gasteiger partial charge in [0.05, 0.1) is 11.6 Å². The van der Waals surface area contributed by atoms with Gasteiger partial charge in [0, 0.05) is 21.9 Å². The minimum Gasteiger partial charge on any atom is -0.355 e. The number of carbonyl (C=O) groups is 2. The molecule has 1 fully saturated rings. The summed E-state index contributed by atoms with van der Waals surface area (Å²) in [5.74, 6) is -0.506. The van der Waals surface area contributed by atoms with Crippen molar-refractivity contribution in [2.45, 2.75) is 6.42 Å². The summed E-state index contributed by atoms with van der Waals surface area (Å²) in [7, 11) is 0. The number of benzene rings is 1. The standard InChI is InChI=1S/C11H10Br2N2O2/c12-7-2-1-3-8(13)10(7)15-11(17)6-4-9(16)14-5-6/h1-3,6H,4-5H2,(H,14,16)(H,15,17). The summed E-state index contributed by atoms with van der Waals surface area (Å²) in [6.45, 7) is 0.409. The van der Waals surface area contributed by atoms with Crippen LogP contribution in [-0.4, -0.2) is 18.4 Å². The smallest absolute Gasteiger partial charge is 0.229 e. The molecule has 90 valence electrons. The van der Waals surface area contributed by atoms with Crippen LogP contribution in [-0.2, 0) is 9.59 Å². The summed E-state index contributed by atoms with van der Waals surface area (Å²) in [6, 6.07) is 5.56. The number of halogens is 2. The zero-order valence-electron chi connectivity index (χ0n) is 8.80. The van der Waals surface area contributed by atoms with E-state index in [0.717, 1.165) is 8.95 Å². The summed E-state index contributed by atoms with van der Waals surface area (Å²) in [4.78, 5) is 23.0. The van der Waals surface area contributed by atoms with Gasteiger partial charge in [-0.15, -0.1) is 0 Å². The van der Waals surface area contributed by atoms with Crippen molar-refractivity contribution < 1.29 is 9.59 Å². The van der Waals surface area contributed by atoms with Gasteiger partial charge in [0.15, 0.2) is 0 Å². The predicted octanol–water partition coefficient (Wildman–Crippen LogP) is 2.29. The van der Waals surface area contributed by atoms with Crippen LogP contribution in [0.4, 0.5) is 5.69 Å². The molecule has 0 radical (unpaired) electrons. The maximum atomic E-state index is 11.9. The maximum absolute atomic E-state index is 11.9. The lowest BCUT2D eigenvalue weighted by Gasteiger charge is -2.12. The van der Waals surface area contributed by atoms with Gasteiger partial charge in [0.1, 0.15) is 0 Å². The molecule has 0 spiro atoms. The number of hydrogen-bond donors (Lipinski definition) is 2. The average Bonchev–Trinajstić information content (AvgIpc) is 2.70. The highest BCUT2D eigenvalue weighted by molar-refractivity contribution is 9.11. The lowest BCUT2D eigenvalue weighted by molar-refractivity contribution is -0.123. The quantitative estimate of drug-likeness (QED) is 0.849. The molecule has 1 aromatic carbocycles. The van der Waals surface area contributed by atoms with Crippen molar-refractivity contribution in [1.82, 2.24) is 5.32 Å². The van der Waals surface area contributed by atoms with E-state index in [2.05, 4.69) is 42.5 Å². The van der Waals surface area contributed by atoms with E-state index in [1.54, 1.807) is 0 Å². The van der Waals surface area contributed by atoms with Crippen molar-refractivity contribution in [2.24, 2.45) is 5.92 Å².